The molecule has 2 unspecified atom stereocenters. The zero-order valence-electron chi connectivity index (χ0n) is 16.7. The Morgan fingerprint density at radius 2 is 1.59 bits per heavy atom. The molecule has 29 heavy (non-hydrogen) atoms. The number of hydrogen-bond acceptors (Lipinski definition) is 3. The van der Waals surface area contributed by atoms with Gasteiger partial charge in [-0.2, -0.15) is 5.26 Å². The second-order valence-corrected chi connectivity index (χ2v) is 8.29. The van der Waals surface area contributed by atoms with Crippen LogP contribution in [0.25, 0.3) is 0 Å². The van der Waals surface area contributed by atoms with E-state index in [1.165, 1.54) is 0 Å². The molecule has 4 atom stereocenters. The molecule has 2 bridgehead atoms. The first-order valence-corrected chi connectivity index (χ1v) is 10.4. The SMILES string of the molecule is CC1=C(C(=O)C[C@@H](c2ccccc2)[C@@H](C#N)c2ccccc2)C(=O)C2CCC1C2. The molecule has 1 fully saturated rings. The Hall–Kier alpha value is -2.99. The van der Waals surface area contributed by atoms with E-state index in [1.54, 1.807) is 0 Å². The minimum absolute atomic E-state index is 0.0127. The van der Waals surface area contributed by atoms with E-state index in [0.29, 0.717) is 11.5 Å². The van der Waals surface area contributed by atoms with Crippen LogP contribution in [0.4, 0.5) is 0 Å². The second-order valence-electron chi connectivity index (χ2n) is 8.29. The van der Waals surface area contributed by atoms with Crippen LogP contribution in [0.2, 0.25) is 0 Å². The number of Topliss-reactive ketones (excluding diaryl/α,β-unsaturated/α-hetero) is 2. The van der Waals surface area contributed by atoms with Crippen molar-refractivity contribution in [2.45, 2.75) is 44.4 Å². The van der Waals surface area contributed by atoms with Gasteiger partial charge in [0, 0.05) is 18.3 Å². The average molecular weight is 383 g/mol. The van der Waals surface area contributed by atoms with Gasteiger partial charge in [0.15, 0.2) is 11.6 Å². The number of nitrogens with zero attached hydrogens (tertiary/aromatic N) is 1. The predicted octanol–water partition coefficient (Wildman–Crippen LogP) is 5.35. The van der Waals surface area contributed by atoms with E-state index in [-0.39, 0.29) is 29.8 Å². The van der Waals surface area contributed by atoms with Crippen molar-refractivity contribution < 1.29 is 9.59 Å². The number of carbonyl (C=O) groups is 2. The maximum atomic E-state index is 13.4. The Morgan fingerprint density at radius 3 is 2.21 bits per heavy atom. The lowest BCUT2D eigenvalue weighted by atomic mass is 9.75. The van der Waals surface area contributed by atoms with E-state index in [4.69, 9.17) is 0 Å². The number of nitriles is 1. The monoisotopic (exact) mass is 383 g/mol. The maximum absolute atomic E-state index is 13.4. The largest absolute Gasteiger partial charge is 0.294 e. The van der Waals surface area contributed by atoms with Gasteiger partial charge in [-0.05, 0) is 43.2 Å². The van der Waals surface area contributed by atoms with Crippen molar-refractivity contribution in [1.29, 1.82) is 5.26 Å². The third-order valence-electron chi connectivity index (χ3n) is 6.67. The smallest absolute Gasteiger partial charge is 0.169 e. The molecule has 0 spiro atoms. The Morgan fingerprint density at radius 1 is 1.00 bits per heavy atom. The van der Waals surface area contributed by atoms with E-state index in [9.17, 15) is 14.9 Å². The Bertz CT molecular complexity index is 984. The summed E-state index contributed by atoms with van der Waals surface area (Å²) in [5, 5.41) is 9.99. The van der Waals surface area contributed by atoms with Crippen LogP contribution in [0, 0.1) is 23.2 Å². The van der Waals surface area contributed by atoms with Crippen molar-refractivity contribution in [2.75, 3.05) is 0 Å². The highest BCUT2D eigenvalue weighted by molar-refractivity contribution is 6.22. The quantitative estimate of drug-likeness (QED) is 0.632. The summed E-state index contributed by atoms with van der Waals surface area (Å²) in [4.78, 5) is 26.3. The van der Waals surface area contributed by atoms with Crippen LogP contribution < -0.4 is 0 Å². The molecule has 0 aliphatic heterocycles. The zero-order chi connectivity index (χ0) is 20.4. The summed E-state index contributed by atoms with van der Waals surface area (Å²) in [5.41, 5.74) is 3.25. The summed E-state index contributed by atoms with van der Waals surface area (Å²) in [7, 11) is 0. The molecule has 1 saturated carbocycles. The van der Waals surface area contributed by atoms with Crippen LogP contribution in [0.15, 0.2) is 71.8 Å². The number of allylic oxidation sites excluding steroid dienone is 2. The van der Waals surface area contributed by atoms with Gasteiger partial charge in [0.1, 0.15) is 0 Å². The molecule has 0 amide bonds. The van der Waals surface area contributed by atoms with Gasteiger partial charge >= 0.3 is 0 Å². The summed E-state index contributed by atoms with van der Waals surface area (Å²) in [5.74, 6) is -0.426. The fourth-order valence-corrected chi connectivity index (χ4v) is 5.06. The van der Waals surface area contributed by atoms with Crippen molar-refractivity contribution in [3.05, 3.63) is 82.9 Å². The molecule has 0 saturated heterocycles. The molecule has 3 nitrogen and oxygen atoms in total. The minimum Gasteiger partial charge on any atom is -0.294 e. The highest BCUT2D eigenvalue weighted by Gasteiger charge is 2.41. The van der Waals surface area contributed by atoms with Crippen LogP contribution in [-0.2, 0) is 9.59 Å². The molecule has 2 aliphatic carbocycles. The third-order valence-corrected chi connectivity index (χ3v) is 6.67. The van der Waals surface area contributed by atoms with Gasteiger partial charge in [0.05, 0.1) is 17.6 Å². The average Bonchev–Trinajstić information content (AvgIpc) is 3.21. The summed E-state index contributed by atoms with van der Waals surface area (Å²) >= 11 is 0. The van der Waals surface area contributed by atoms with Crippen LogP contribution in [0.5, 0.6) is 0 Å². The lowest BCUT2D eigenvalue weighted by Crippen LogP contribution is -2.27. The minimum atomic E-state index is -0.445. The second kappa shape index (κ2) is 8.17. The van der Waals surface area contributed by atoms with Crippen molar-refractivity contribution >= 4 is 11.6 Å². The molecule has 2 aromatic carbocycles. The maximum Gasteiger partial charge on any atom is 0.169 e. The normalized spacial score (nSPS) is 22.8. The summed E-state index contributed by atoms with van der Waals surface area (Å²) < 4.78 is 0. The van der Waals surface area contributed by atoms with Gasteiger partial charge in [-0.25, -0.2) is 0 Å². The summed E-state index contributed by atoms with van der Waals surface area (Å²) in [6, 6.07) is 21.8. The van der Waals surface area contributed by atoms with Crippen LogP contribution in [-0.4, -0.2) is 11.6 Å². The molecule has 0 N–H and O–H groups in total. The van der Waals surface area contributed by atoms with Gasteiger partial charge in [-0.1, -0.05) is 66.2 Å². The zero-order valence-corrected chi connectivity index (χ0v) is 16.7. The van der Waals surface area contributed by atoms with E-state index < -0.39 is 5.92 Å². The standard InChI is InChI=1S/C26H25NO2/c1-17-20-12-13-21(14-20)26(29)25(17)24(28)15-22(18-8-4-2-5-9-18)23(16-27)19-10-6-3-7-11-19/h2-11,20-23H,12-15H2,1H3/t20?,21?,22-,23-/m0/s1. The first kappa shape index (κ1) is 19.3. The number of benzene rings is 2. The molecular weight excluding hydrogens is 358 g/mol. The van der Waals surface area contributed by atoms with Crippen molar-refractivity contribution in [2.24, 2.45) is 11.8 Å². The predicted molar refractivity (Wildman–Crippen MR) is 112 cm³/mol. The molecular formula is C26H25NO2. The van der Waals surface area contributed by atoms with E-state index in [1.807, 2.05) is 67.6 Å². The number of fused-ring (bicyclic) bond motifs is 2. The molecule has 2 aliphatic rings. The number of hydrogen-bond donors (Lipinski definition) is 0. The third kappa shape index (κ3) is 3.68. The molecule has 146 valence electrons. The number of rotatable bonds is 6. The Kier molecular flexibility index (Phi) is 5.45. The van der Waals surface area contributed by atoms with Gasteiger partial charge in [-0.15, -0.1) is 0 Å². The molecule has 2 aromatic rings. The molecule has 0 aromatic heterocycles. The van der Waals surface area contributed by atoms with Gasteiger partial charge in [-0.3, -0.25) is 9.59 Å². The molecule has 3 heteroatoms. The van der Waals surface area contributed by atoms with Gasteiger partial charge < -0.3 is 0 Å². The molecule has 4 rings (SSSR count). The van der Waals surface area contributed by atoms with Gasteiger partial charge in [0.25, 0.3) is 0 Å². The van der Waals surface area contributed by atoms with Crippen molar-refractivity contribution in [3.8, 4) is 6.07 Å². The van der Waals surface area contributed by atoms with Crippen LogP contribution in [0.3, 0.4) is 0 Å². The van der Waals surface area contributed by atoms with Crippen molar-refractivity contribution in [3.63, 3.8) is 0 Å². The Balaban J connectivity index is 1.69. The summed E-state index contributed by atoms with van der Waals surface area (Å²) in [6.07, 6.45) is 2.97. The van der Waals surface area contributed by atoms with E-state index in [0.717, 1.165) is 36.0 Å². The van der Waals surface area contributed by atoms with Gasteiger partial charge in [0.2, 0.25) is 0 Å². The first-order valence-electron chi connectivity index (χ1n) is 10.4. The lowest BCUT2D eigenvalue weighted by molar-refractivity contribution is -0.124. The van der Waals surface area contributed by atoms with Crippen LogP contribution in [0.1, 0.15) is 55.6 Å². The Labute approximate surface area is 172 Å². The van der Waals surface area contributed by atoms with Crippen molar-refractivity contribution in [1.82, 2.24) is 0 Å². The number of carbonyl (C=O) groups excluding carboxylic acids is 2. The highest BCUT2D eigenvalue weighted by Crippen LogP contribution is 2.44. The molecule has 0 radical (unpaired) electrons. The fourth-order valence-electron chi connectivity index (χ4n) is 5.06. The summed E-state index contributed by atoms with van der Waals surface area (Å²) in [6.45, 7) is 1.95. The fraction of sp³-hybridized carbons (Fsp3) is 0.346. The number of ketones is 2. The lowest BCUT2D eigenvalue weighted by Gasteiger charge is -2.26. The van der Waals surface area contributed by atoms with E-state index >= 15 is 0 Å². The topological polar surface area (TPSA) is 57.9 Å². The highest BCUT2D eigenvalue weighted by atomic mass is 16.1. The molecule has 0 heterocycles. The van der Waals surface area contributed by atoms with Crippen LogP contribution >= 0.6 is 0 Å². The van der Waals surface area contributed by atoms with E-state index in [2.05, 4.69) is 6.07 Å². The first-order chi connectivity index (χ1) is 14.1.